The molecule has 16 heavy (non-hydrogen) atoms. The molecule has 0 unspecified atom stereocenters. The second-order valence-corrected chi connectivity index (χ2v) is 5.05. The van der Waals surface area contributed by atoms with Crippen LogP contribution in [0.1, 0.15) is 12.8 Å². The summed E-state index contributed by atoms with van der Waals surface area (Å²) in [6, 6.07) is 5.25. The Bertz CT molecular complexity index is 405. The van der Waals surface area contributed by atoms with Crippen molar-refractivity contribution in [3.05, 3.63) is 27.7 Å². The summed E-state index contributed by atoms with van der Waals surface area (Å²) in [5, 5.41) is 6.62. The Balaban J connectivity index is 2.07. The minimum Gasteiger partial charge on any atom is -0.324 e. The molecule has 1 aromatic rings. The lowest BCUT2D eigenvalue weighted by Crippen LogP contribution is -2.35. The lowest BCUT2D eigenvalue weighted by Gasteiger charge is -2.12. The van der Waals surface area contributed by atoms with E-state index in [4.69, 9.17) is 11.6 Å². The Morgan fingerprint density at radius 2 is 2.38 bits per heavy atom. The number of hydrogen-bond donors (Lipinski definition) is 2. The Morgan fingerprint density at radius 3 is 3.06 bits per heavy atom. The minimum absolute atomic E-state index is 0.000432. The highest BCUT2D eigenvalue weighted by Crippen LogP contribution is 2.26. The molecule has 0 saturated carbocycles. The van der Waals surface area contributed by atoms with E-state index >= 15 is 0 Å². The van der Waals surface area contributed by atoms with Gasteiger partial charge in [-0.2, -0.15) is 0 Å². The monoisotopic (exact) mass is 302 g/mol. The van der Waals surface area contributed by atoms with Crippen molar-refractivity contribution in [3.8, 4) is 0 Å². The van der Waals surface area contributed by atoms with Gasteiger partial charge >= 0.3 is 0 Å². The maximum absolute atomic E-state index is 11.8. The second-order valence-electron chi connectivity index (χ2n) is 3.76. The molecule has 1 atom stereocenters. The zero-order valence-corrected chi connectivity index (χ0v) is 10.9. The maximum atomic E-state index is 11.8. The van der Waals surface area contributed by atoms with Crippen LogP contribution in [-0.2, 0) is 4.79 Å². The Hall–Kier alpha value is -0.580. The normalized spacial score (nSPS) is 19.8. The summed E-state index contributed by atoms with van der Waals surface area (Å²) in [7, 11) is 0. The van der Waals surface area contributed by atoms with Crippen molar-refractivity contribution in [2.75, 3.05) is 11.9 Å². The third-order valence-corrected chi connectivity index (χ3v) is 3.49. The fraction of sp³-hybridized carbons (Fsp3) is 0.364. The van der Waals surface area contributed by atoms with Crippen LogP contribution >= 0.6 is 27.5 Å². The molecule has 1 aliphatic rings. The van der Waals surface area contributed by atoms with E-state index in [1.54, 1.807) is 12.1 Å². The molecule has 2 N–H and O–H groups in total. The van der Waals surface area contributed by atoms with Gasteiger partial charge in [0.2, 0.25) is 5.91 Å². The summed E-state index contributed by atoms with van der Waals surface area (Å²) >= 11 is 9.25. The molecule has 0 aromatic heterocycles. The van der Waals surface area contributed by atoms with Crippen molar-refractivity contribution in [1.29, 1.82) is 0 Å². The van der Waals surface area contributed by atoms with Gasteiger partial charge in [-0.25, -0.2) is 0 Å². The maximum Gasteiger partial charge on any atom is 0.241 e. The van der Waals surface area contributed by atoms with Gasteiger partial charge in [0.25, 0.3) is 0 Å². The standard InChI is InChI=1S/C11H12BrClN2O/c12-8-4-3-7(13)6-10(8)15-11(16)9-2-1-5-14-9/h3-4,6,9,14H,1-2,5H2,(H,15,16)/t9-/m0/s1. The Labute approximate surface area is 108 Å². The highest BCUT2D eigenvalue weighted by atomic mass is 79.9. The number of halogens is 2. The summed E-state index contributed by atoms with van der Waals surface area (Å²) in [4.78, 5) is 11.8. The average molecular weight is 304 g/mol. The van der Waals surface area contributed by atoms with Gasteiger partial charge in [-0.3, -0.25) is 4.79 Å². The molecule has 1 heterocycles. The first-order chi connectivity index (χ1) is 7.66. The fourth-order valence-electron chi connectivity index (χ4n) is 1.72. The highest BCUT2D eigenvalue weighted by molar-refractivity contribution is 9.10. The first-order valence-electron chi connectivity index (χ1n) is 5.16. The number of anilines is 1. The number of carbonyl (C=O) groups excluding carboxylic acids is 1. The number of rotatable bonds is 2. The summed E-state index contributed by atoms with van der Waals surface area (Å²) in [5.74, 6) is 0.000432. The van der Waals surface area contributed by atoms with Crippen molar-refractivity contribution in [2.45, 2.75) is 18.9 Å². The van der Waals surface area contributed by atoms with Crippen LogP contribution in [0.5, 0.6) is 0 Å². The predicted molar refractivity (Wildman–Crippen MR) is 68.8 cm³/mol. The van der Waals surface area contributed by atoms with E-state index in [9.17, 15) is 4.79 Å². The van der Waals surface area contributed by atoms with Crippen molar-refractivity contribution >= 4 is 39.1 Å². The Kier molecular flexibility index (Phi) is 3.84. The van der Waals surface area contributed by atoms with E-state index in [0.717, 1.165) is 23.9 Å². The van der Waals surface area contributed by atoms with E-state index in [-0.39, 0.29) is 11.9 Å². The van der Waals surface area contributed by atoms with E-state index in [0.29, 0.717) is 10.7 Å². The van der Waals surface area contributed by atoms with Gasteiger partial charge in [-0.1, -0.05) is 11.6 Å². The molecule has 0 spiro atoms. The van der Waals surface area contributed by atoms with Crippen LogP contribution < -0.4 is 10.6 Å². The molecule has 1 amide bonds. The highest BCUT2D eigenvalue weighted by Gasteiger charge is 2.22. The van der Waals surface area contributed by atoms with Crippen LogP contribution in [0.2, 0.25) is 5.02 Å². The van der Waals surface area contributed by atoms with Crippen LogP contribution in [0.3, 0.4) is 0 Å². The molecule has 1 saturated heterocycles. The van der Waals surface area contributed by atoms with Crippen molar-refractivity contribution in [3.63, 3.8) is 0 Å². The molecule has 0 radical (unpaired) electrons. The van der Waals surface area contributed by atoms with Crippen LogP contribution in [0.25, 0.3) is 0 Å². The van der Waals surface area contributed by atoms with Gasteiger partial charge < -0.3 is 10.6 Å². The topological polar surface area (TPSA) is 41.1 Å². The molecular formula is C11H12BrClN2O. The Morgan fingerprint density at radius 1 is 1.56 bits per heavy atom. The van der Waals surface area contributed by atoms with Crippen molar-refractivity contribution < 1.29 is 4.79 Å². The van der Waals surface area contributed by atoms with Crippen LogP contribution in [0.15, 0.2) is 22.7 Å². The fourth-order valence-corrected chi connectivity index (χ4v) is 2.24. The van der Waals surface area contributed by atoms with E-state index in [2.05, 4.69) is 26.6 Å². The smallest absolute Gasteiger partial charge is 0.241 e. The van der Waals surface area contributed by atoms with Crippen molar-refractivity contribution in [1.82, 2.24) is 5.32 Å². The largest absolute Gasteiger partial charge is 0.324 e. The molecule has 5 heteroatoms. The number of amides is 1. The van der Waals surface area contributed by atoms with Crippen LogP contribution in [-0.4, -0.2) is 18.5 Å². The predicted octanol–water partition coefficient (Wildman–Crippen LogP) is 2.79. The first-order valence-corrected chi connectivity index (χ1v) is 6.33. The van der Waals surface area contributed by atoms with E-state index < -0.39 is 0 Å². The number of carbonyl (C=O) groups is 1. The van der Waals surface area contributed by atoms with Gasteiger partial charge in [-0.05, 0) is 53.5 Å². The third-order valence-electron chi connectivity index (χ3n) is 2.56. The quantitative estimate of drug-likeness (QED) is 0.882. The van der Waals surface area contributed by atoms with E-state index in [1.807, 2.05) is 6.07 Å². The second kappa shape index (κ2) is 5.17. The van der Waals surface area contributed by atoms with Gasteiger partial charge in [0.15, 0.2) is 0 Å². The lowest BCUT2D eigenvalue weighted by atomic mass is 10.2. The SMILES string of the molecule is O=C(Nc1cc(Cl)ccc1Br)[C@@H]1CCCN1. The molecule has 3 nitrogen and oxygen atoms in total. The average Bonchev–Trinajstić information content (AvgIpc) is 2.76. The zero-order valence-electron chi connectivity index (χ0n) is 8.59. The summed E-state index contributed by atoms with van der Waals surface area (Å²) in [6.07, 6.45) is 1.94. The van der Waals surface area contributed by atoms with Gasteiger partial charge in [-0.15, -0.1) is 0 Å². The zero-order chi connectivity index (χ0) is 11.5. The van der Waals surface area contributed by atoms with Gasteiger partial charge in [0.1, 0.15) is 0 Å². The summed E-state index contributed by atoms with van der Waals surface area (Å²) in [5.41, 5.74) is 0.714. The number of benzene rings is 1. The minimum atomic E-state index is -0.0779. The number of hydrogen-bond acceptors (Lipinski definition) is 2. The third kappa shape index (κ3) is 2.75. The molecule has 86 valence electrons. The summed E-state index contributed by atoms with van der Waals surface area (Å²) < 4.78 is 0.836. The summed E-state index contributed by atoms with van der Waals surface area (Å²) in [6.45, 7) is 0.912. The van der Waals surface area contributed by atoms with Crippen molar-refractivity contribution in [2.24, 2.45) is 0 Å². The molecular weight excluding hydrogens is 291 g/mol. The lowest BCUT2D eigenvalue weighted by molar-refractivity contribution is -0.117. The van der Waals surface area contributed by atoms with Gasteiger partial charge in [0, 0.05) is 9.50 Å². The molecule has 1 fully saturated rings. The molecule has 0 bridgehead atoms. The van der Waals surface area contributed by atoms with Gasteiger partial charge in [0.05, 0.1) is 11.7 Å². The molecule has 1 aliphatic heterocycles. The molecule has 0 aliphatic carbocycles. The van der Waals surface area contributed by atoms with Crippen LogP contribution in [0.4, 0.5) is 5.69 Å². The van der Waals surface area contributed by atoms with Crippen LogP contribution in [0, 0.1) is 0 Å². The molecule has 1 aromatic carbocycles. The number of nitrogens with one attached hydrogen (secondary N) is 2. The molecule has 2 rings (SSSR count). The first kappa shape index (κ1) is 11.9. The van der Waals surface area contributed by atoms with E-state index in [1.165, 1.54) is 0 Å².